The summed E-state index contributed by atoms with van der Waals surface area (Å²) in [6.07, 6.45) is 9.14. The zero-order valence-electron chi connectivity index (χ0n) is 16.9. The van der Waals surface area contributed by atoms with Crippen LogP contribution in [0.1, 0.15) is 24.0 Å². The molecule has 2 heterocycles. The van der Waals surface area contributed by atoms with E-state index in [4.69, 9.17) is 16.9 Å². The van der Waals surface area contributed by atoms with E-state index in [0.717, 1.165) is 42.6 Å². The van der Waals surface area contributed by atoms with Gasteiger partial charge < -0.3 is 20.7 Å². The molecule has 1 aromatic heterocycles. The monoisotopic (exact) mass is 397 g/mol. The molecular formula is C24H23N5O. The number of benzene rings is 2. The fourth-order valence-electron chi connectivity index (χ4n) is 3.67. The van der Waals surface area contributed by atoms with Gasteiger partial charge in [0.15, 0.2) is 0 Å². The number of fused-ring (bicyclic) bond motifs is 1. The van der Waals surface area contributed by atoms with Crippen molar-refractivity contribution < 1.29 is 4.74 Å². The number of aromatic nitrogens is 1. The van der Waals surface area contributed by atoms with Crippen molar-refractivity contribution in [2.24, 2.45) is 0 Å². The summed E-state index contributed by atoms with van der Waals surface area (Å²) >= 11 is 0. The van der Waals surface area contributed by atoms with Gasteiger partial charge in [0, 0.05) is 42.0 Å². The Morgan fingerprint density at radius 2 is 2.07 bits per heavy atom. The average molecular weight is 397 g/mol. The second kappa shape index (κ2) is 8.32. The molecule has 0 atom stereocenters. The zero-order valence-corrected chi connectivity index (χ0v) is 16.9. The number of nitrogens with zero attached hydrogens (tertiary/aromatic N) is 3. The lowest BCUT2D eigenvalue weighted by molar-refractivity contribution is 0.115. The minimum atomic E-state index is 0.142. The number of hydrogen-bond acceptors (Lipinski definition) is 6. The van der Waals surface area contributed by atoms with Crippen molar-refractivity contribution in [3.05, 3.63) is 53.7 Å². The smallest absolute Gasteiger partial charge is 0.144 e. The molecule has 150 valence electrons. The maximum absolute atomic E-state index is 9.60. The van der Waals surface area contributed by atoms with Gasteiger partial charge in [-0.2, -0.15) is 5.26 Å². The molecule has 1 aliphatic rings. The van der Waals surface area contributed by atoms with Crippen LogP contribution in [0.2, 0.25) is 0 Å². The molecule has 1 saturated heterocycles. The number of nitrogens with one attached hydrogen (secondary N) is 1. The lowest BCUT2D eigenvalue weighted by Crippen LogP contribution is -2.35. The topological polar surface area (TPSA) is 87.2 Å². The van der Waals surface area contributed by atoms with Crippen LogP contribution in [0.5, 0.6) is 5.75 Å². The predicted octanol–water partition coefficient (Wildman–Crippen LogP) is 3.89. The minimum Gasteiger partial charge on any atom is -0.488 e. The first-order chi connectivity index (χ1) is 14.6. The number of rotatable bonds is 4. The van der Waals surface area contributed by atoms with Gasteiger partial charge >= 0.3 is 0 Å². The Balaban J connectivity index is 1.70. The first kappa shape index (κ1) is 19.6. The minimum absolute atomic E-state index is 0.142. The molecule has 0 spiro atoms. The third-order valence-corrected chi connectivity index (χ3v) is 5.38. The largest absolute Gasteiger partial charge is 0.488 e. The SMILES string of the molecule is C#Cc1cccc(Nc2c(C#N)cnc3cc(OC4CCN(C)CC4)c(N)cc23)c1. The van der Waals surface area contributed by atoms with Crippen molar-refractivity contribution >= 4 is 28.0 Å². The second-order valence-electron chi connectivity index (χ2n) is 7.54. The van der Waals surface area contributed by atoms with E-state index >= 15 is 0 Å². The summed E-state index contributed by atoms with van der Waals surface area (Å²) in [5, 5.41) is 13.7. The Bertz CT molecular complexity index is 1170. The van der Waals surface area contributed by atoms with Gasteiger partial charge in [-0.1, -0.05) is 12.0 Å². The van der Waals surface area contributed by atoms with E-state index in [-0.39, 0.29) is 6.10 Å². The molecule has 6 nitrogen and oxygen atoms in total. The summed E-state index contributed by atoms with van der Waals surface area (Å²) in [4.78, 5) is 6.75. The van der Waals surface area contributed by atoms with Crippen molar-refractivity contribution in [1.29, 1.82) is 5.26 Å². The van der Waals surface area contributed by atoms with E-state index in [1.54, 1.807) is 6.20 Å². The molecule has 1 fully saturated rings. The Labute approximate surface area is 176 Å². The van der Waals surface area contributed by atoms with Gasteiger partial charge in [-0.3, -0.25) is 4.98 Å². The molecular weight excluding hydrogens is 374 g/mol. The highest BCUT2D eigenvalue weighted by Crippen LogP contribution is 2.35. The number of piperidine rings is 1. The maximum atomic E-state index is 9.60. The fourth-order valence-corrected chi connectivity index (χ4v) is 3.67. The van der Waals surface area contributed by atoms with Crippen LogP contribution in [-0.2, 0) is 0 Å². The summed E-state index contributed by atoms with van der Waals surface area (Å²) in [7, 11) is 2.12. The molecule has 3 aromatic rings. The van der Waals surface area contributed by atoms with Crippen LogP contribution in [0.3, 0.4) is 0 Å². The van der Waals surface area contributed by atoms with Crippen LogP contribution in [0.25, 0.3) is 10.9 Å². The Kier molecular flexibility index (Phi) is 5.43. The molecule has 4 rings (SSSR count). The molecule has 3 N–H and O–H groups in total. The summed E-state index contributed by atoms with van der Waals surface area (Å²) in [6.45, 7) is 2.01. The molecule has 1 aliphatic heterocycles. The van der Waals surface area contributed by atoms with Gasteiger partial charge in [-0.15, -0.1) is 6.42 Å². The number of nitrogens with two attached hydrogens (primary N) is 1. The molecule has 0 amide bonds. The third-order valence-electron chi connectivity index (χ3n) is 5.38. The van der Waals surface area contributed by atoms with E-state index < -0.39 is 0 Å². The average Bonchev–Trinajstić information content (AvgIpc) is 2.76. The van der Waals surface area contributed by atoms with Crippen molar-refractivity contribution in [1.82, 2.24) is 9.88 Å². The van der Waals surface area contributed by atoms with Crippen LogP contribution >= 0.6 is 0 Å². The van der Waals surface area contributed by atoms with E-state index in [1.165, 1.54) is 0 Å². The van der Waals surface area contributed by atoms with Crippen LogP contribution in [0.4, 0.5) is 17.1 Å². The summed E-state index contributed by atoms with van der Waals surface area (Å²) in [5.41, 5.74) is 10.2. The number of terminal acetylenes is 1. The first-order valence-electron chi connectivity index (χ1n) is 9.88. The molecule has 0 aliphatic carbocycles. The zero-order chi connectivity index (χ0) is 21.1. The maximum Gasteiger partial charge on any atom is 0.144 e. The molecule has 0 bridgehead atoms. The highest BCUT2D eigenvalue weighted by atomic mass is 16.5. The van der Waals surface area contributed by atoms with Gasteiger partial charge in [-0.05, 0) is 44.2 Å². The molecule has 0 radical (unpaired) electrons. The molecule has 6 heteroatoms. The van der Waals surface area contributed by atoms with Crippen LogP contribution < -0.4 is 15.8 Å². The Hall–Kier alpha value is -3.74. The Morgan fingerprint density at radius 3 is 2.80 bits per heavy atom. The van der Waals surface area contributed by atoms with Crippen molar-refractivity contribution in [3.63, 3.8) is 0 Å². The van der Waals surface area contributed by atoms with Gasteiger partial charge in [-0.25, -0.2) is 0 Å². The summed E-state index contributed by atoms with van der Waals surface area (Å²) < 4.78 is 6.19. The van der Waals surface area contributed by atoms with E-state index in [9.17, 15) is 5.26 Å². The molecule has 2 aromatic carbocycles. The van der Waals surface area contributed by atoms with E-state index in [0.29, 0.717) is 28.2 Å². The lowest BCUT2D eigenvalue weighted by Gasteiger charge is -2.29. The van der Waals surface area contributed by atoms with Gasteiger partial charge in [0.25, 0.3) is 0 Å². The first-order valence-corrected chi connectivity index (χ1v) is 9.88. The highest BCUT2D eigenvalue weighted by molar-refractivity contribution is 5.98. The summed E-state index contributed by atoms with van der Waals surface area (Å²) in [5.74, 6) is 3.25. The Morgan fingerprint density at radius 1 is 1.27 bits per heavy atom. The predicted molar refractivity (Wildman–Crippen MR) is 120 cm³/mol. The van der Waals surface area contributed by atoms with Crippen LogP contribution in [0.15, 0.2) is 42.6 Å². The van der Waals surface area contributed by atoms with Gasteiger partial charge in [0.1, 0.15) is 17.9 Å². The number of ether oxygens (including phenoxy) is 1. The van der Waals surface area contributed by atoms with Crippen molar-refractivity contribution in [2.45, 2.75) is 18.9 Å². The number of hydrogen-bond donors (Lipinski definition) is 2. The molecule has 30 heavy (non-hydrogen) atoms. The lowest BCUT2D eigenvalue weighted by atomic mass is 10.1. The number of nitriles is 1. The highest BCUT2D eigenvalue weighted by Gasteiger charge is 2.20. The molecule has 0 saturated carbocycles. The van der Waals surface area contributed by atoms with Crippen molar-refractivity contribution in [2.75, 3.05) is 31.2 Å². The number of anilines is 3. The third kappa shape index (κ3) is 4.00. The normalized spacial score (nSPS) is 14.8. The van der Waals surface area contributed by atoms with Crippen molar-refractivity contribution in [3.8, 4) is 24.2 Å². The number of nitrogen functional groups attached to an aromatic ring is 1. The number of likely N-dealkylation sites (tertiary alicyclic amines) is 1. The van der Waals surface area contributed by atoms with Gasteiger partial charge in [0.05, 0.1) is 22.5 Å². The van der Waals surface area contributed by atoms with Gasteiger partial charge in [0.2, 0.25) is 0 Å². The number of pyridine rings is 1. The van der Waals surface area contributed by atoms with E-state index in [2.05, 4.69) is 34.2 Å². The van der Waals surface area contributed by atoms with Crippen LogP contribution in [-0.4, -0.2) is 36.1 Å². The fraction of sp³-hybridized carbons (Fsp3) is 0.250. The summed E-state index contributed by atoms with van der Waals surface area (Å²) in [6, 6.07) is 13.3. The quantitative estimate of drug-likeness (QED) is 0.513. The van der Waals surface area contributed by atoms with Crippen LogP contribution in [0, 0.1) is 23.7 Å². The molecule has 0 unspecified atom stereocenters. The second-order valence-corrected chi connectivity index (χ2v) is 7.54. The van der Waals surface area contributed by atoms with E-state index in [1.807, 2.05) is 36.4 Å². The standard InChI is InChI=1S/C24H23N5O/c1-3-16-5-4-6-18(11-16)28-24-17(14-25)15-27-22-13-23(21(26)12-20(22)24)30-19-7-9-29(2)10-8-19/h1,4-6,11-13,15,19H,7-10,26H2,2H3,(H,27,28).